The maximum absolute atomic E-state index is 11.5. The van der Waals surface area contributed by atoms with Crippen LogP contribution in [0, 0.1) is 23.2 Å². The molecule has 0 unspecified atom stereocenters. The molecule has 1 heterocycles. The van der Waals surface area contributed by atoms with Gasteiger partial charge in [0.2, 0.25) is 0 Å². The Kier molecular flexibility index (Phi) is 5.09. The molecule has 0 spiro atoms. The number of fused-ring (bicyclic) bond motifs is 1. The molecule has 0 saturated heterocycles. The Hall–Kier alpha value is -2.72. The number of ether oxygens (including phenoxy) is 1. The highest BCUT2D eigenvalue weighted by Gasteiger charge is 2.13. The van der Waals surface area contributed by atoms with E-state index < -0.39 is 11.6 Å². The topological polar surface area (TPSA) is 55.0 Å². The second-order valence-electron chi connectivity index (χ2n) is 6.30. The van der Waals surface area contributed by atoms with Crippen molar-refractivity contribution < 1.29 is 9.53 Å². The van der Waals surface area contributed by atoms with Gasteiger partial charge in [0.1, 0.15) is 5.60 Å². The fourth-order valence-corrected chi connectivity index (χ4v) is 2.22. The number of carbonyl (C=O) groups excluding carboxylic acids is 1. The molecule has 4 nitrogen and oxygen atoms in total. The molecule has 0 N–H and O–H groups in total. The minimum atomic E-state index is -0.506. The fraction of sp³-hybridized carbons (Fsp3) is 0.368. The zero-order valence-corrected chi connectivity index (χ0v) is 13.7. The molecule has 0 saturated carbocycles. The van der Waals surface area contributed by atoms with Gasteiger partial charge in [0.05, 0.1) is 11.6 Å². The molecule has 0 atom stereocenters. The van der Waals surface area contributed by atoms with Crippen LogP contribution in [0.25, 0.3) is 10.9 Å². The van der Waals surface area contributed by atoms with E-state index in [-0.39, 0.29) is 0 Å². The molecule has 0 amide bonds. The van der Waals surface area contributed by atoms with Crippen LogP contribution in [-0.2, 0) is 16.1 Å². The van der Waals surface area contributed by atoms with Crippen molar-refractivity contribution >= 4 is 16.9 Å². The maximum Gasteiger partial charge on any atom is 0.384 e. The number of unbranched alkanes of at least 4 members (excludes halogenated alkanes) is 1. The van der Waals surface area contributed by atoms with Crippen LogP contribution in [0.15, 0.2) is 30.5 Å². The minimum absolute atomic E-state index is 0.484. The van der Waals surface area contributed by atoms with E-state index in [1.807, 2.05) is 51.2 Å². The average Bonchev–Trinajstić information content (AvgIpc) is 2.87. The molecule has 0 aliphatic rings. The van der Waals surface area contributed by atoms with E-state index >= 15 is 0 Å². The third-order valence-corrected chi connectivity index (χ3v) is 3.19. The van der Waals surface area contributed by atoms with Gasteiger partial charge in [-0.3, -0.25) is 0 Å². The third kappa shape index (κ3) is 4.90. The van der Waals surface area contributed by atoms with Crippen molar-refractivity contribution in [1.29, 1.82) is 5.26 Å². The molecule has 1 aromatic heterocycles. The molecule has 1 aromatic carbocycles. The first-order chi connectivity index (χ1) is 10.9. The Morgan fingerprint density at radius 1 is 1.30 bits per heavy atom. The zero-order chi connectivity index (χ0) is 16.9. The number of benzene rings is 1. The summed E-state index contributed by atoms with van der Waals surface area (Å²) in [6.45, 7) is 6.25. The SMILES string of the molecule is CC(C)(C)OC(=O)C#CCCCn1ccc2ccc(C#N)cc21. The number of aryl methyl sites for hydroxylation is 1. The highest BCUT2D eigenvalue weighted by Crippen LogP contribution is 2.18. The van der Waals surface area contributed by atoms with Crippen LogP contribution < -0.4 is 0 Å². The molecule has 0 aliphatic carbocycles. The summed E-state index contributed by atoms with van der Waals surface area (Å²) in [5.41, 5.74) is 1.19. The van der Waals surface area contributed by atoms with Gasteiger partial charge in [0, 0.05) is 30.6 Å². The predicted molar refractivity (Wildman–Crippen MR) is 89.5 cm³/mol. The van der Waals surface area contributed by atoms with Crippen molar-refractivity contribution in [2.24, 2.45) is 0 Å². The maximum atomic E-state index is 11.5. The summed E-state index contributed by atoms with van der Waals surface area (Å²) in [6, 6.07) is 9.85. The number of nitriles is 1. The molecule has 2 rings (SSSR count). The van der Waals surface area contributed by atoms with E-state index in [2.05, 4.69) is 22.5 Å². The van der Waals surface area contributed by atoms with Crippen LogP contribution >= 0.6 is 0 Å². The smallest absolute Gasteiger partial charge is 0.384 e. The summed E-state index contributed by atoms with van der Waals surface area (Å²) in [5, 5.41) is 10.1. The standard InChI is InChI=1S/C19H20N2O2/c1-19(2,3)23-18(22)7-5-4-6-11-21-12-10-16-9-8-15(14-20)13-17(16)21/h8-10,12-13H,4,6,11H2,1-3H3. The fourth-order valence-electron chi connectivity index (χ4n) is 2.22. The Morgan fingerprint density at radius 3 is 2.78 bits per heavy atom. The number of rotatable bonds is 3. The number of nitrogens with zero attached hydrogens (tertiary/aromatic N) is 2. The molecule has 0 aliphatic heterocycles. The molecular formula is C19H20N2O2. The van der Waals surface area contributed by atoms with Crippen molar-refractivity contribution in [2.75, 3.05) is 0 Å². The number of carbonyl (C=O) groups is 1. The predicted octanol–water partition coefficient (Wildman–Crippen LogP) is 3.64. The summed E-state index contributed by atoms with van der Waals surface area (Å²) in [5.74, 6) is 4.88. The third-order valence-electron chi connectivity index (χ3n) is 3.19. The van der Waals surface area contributed by atoms with Crippen LogP contribution in [0.1, 0.15) is 39.2 Å². The largest absolute Gasteiger partial charge is 0.450 e. The van der Waals surface area contributed by atoms with Crippen LogP contribution in [-0.4, -0.2) is 16.1 Å². The van der Waals surface area contributed by atoms with E-state index in [1.165, 1.54) is 0 Å². The number of aromatic nitrogens is 1. The quantitative estimate of drug-likeness (QED) is 0.376. The van der Waals surface area contributed by atoms with Gasteiger partial charge in [-0.1, -0.05) is 12.0 Å². The normalized spacial score (nSPS) is 10.7. The van der Waals surface area contributed by atoms with E-state index in [0.29, 0.717) is 12.0 Å². The van der Waals surface area contributed by atoms with Crippen LogP contribution in [0.3, 0.4) is 0 Å². The first-order valence-electron chi connectivity index (χ1n) is 7.60. The number of hydrogen-bond donors (Lipinski definition) is 0. The molecule has 23 heavy (non-hydrogen) atoms. The molecular weight excluding hydrogens is 288 g/mol. The van der Waals surface area contributed by atoms with Crippen molar-refractivity contribution in [3.63, 3.8) is 0 Å². The Balaban J connectivity index is 1.91. The van der Waals surface area contributed by atoms with Gasteiger partial charge in [0.25, 0.3) is 0 Å². The summed E-state index contributed by atoms with van der Waals surface area (Å²) in [4.78, 5) is 11.5. The Morgan fingerprint density at radius 2 is 2.09 bits per heavy atom. The van der Waals surface area contributed by atoms with Crippen molar-refractivity contribution in [3.8, 4) is 17.9 Å². The van der Waals surface area contributed by atoms with Gasteiger partial charge >= 0.3 is 5.97 Å². The van der Waals surface area contributed by atoms with Gasteiger partial charge in [-0.05, 0) is 50.8 Å². The van der Waals surface area contributed by atoms with Crippen molar-refractivity contribution in [1.82, 2.24) is 4.57 Å². The second-order valence-corrected chi connectivity index (χ2v) is 6.30. The number of esters is 1. The van der Waals surface area contributed by atoms with E-state index in [1.54, 1.807) is 0 Å². The molecule has 118 valence electrons. The van der Waals surface area contributed by atoms with E-state index in [9.17, 15) is 4.79 Å². The van der Waals surface area contributed by atoms with Gasteiger partial charge in [-0.15, -0.1) is 0 Å². The summed E-state index contributed by atoms with van der Waals surface area (Å²) in [6.07, 6.45) is 3.46. The summed E-state index contributed by atoms with van der Waals surface area (Å²) < 4.78 is 7.23. The van der Waals surface area contributed by atoms with Gasteiger partial charge < -0.3 is 9.30 Å². The summed E-state index contributed by atoms with van der Waals surface area (Å²) in [7, 11) is 0. The molecule has 4 heteroatoms. The second kappa shape index (κ2) is 7.03. The first-order valence-corrected chi connectivity index (χ1v) is 7.60. The lowest BCUT2D eigenvalue weighted by atomic mass is 10.2. The van der Waals surface area contributed by atoms with Crippen molar-refractivity contribution in [2.45, 2.75) is 45.8 Å². The summed E-state index contributed by atoms with van der Waals surface area (Å²) >= 11 is 0. The van der Waals surface area contributed by atoms with Crippen LogP contribution in [0.5, 0.6) is 0 Å². The lowest BCUT2D eigenvalue weighted by Crippen LogP contribution is -2.22. The van der Waals surface area contributed by atoms with E-state index in [0.717, 1.165) is 23.9 Å². The van der Waals surface area contributed by atoms with Crippen LogP contribution in [0.4, 0.5) is 0 Å². The molecule has 0 radical (unpaired) electrons. The van der Waals surface area contributed by atoms with Crippen molar-refractivity contribution in [3.05, 3.63) is 36.0 Å². The average molecular weight is 308 g/mol. The lowest BCUT2D eigenvalue weighted by Gasteiger charge is -2.16. The Labute approximate surface area is 136 Å². The molecule has 0 bridgehead atoms. The van der Waals surface area contributed by atoms with Gasteiger partial charge in [-0.2, -0.15) is 5.26 Å². The lowest BCUT2D eigenvalue weighted by molar-refractivity contribution is -0.147. The zero-order valence-electron chi connectivity index (χ0n) is 13.7. The highest BCUT2D eigenvalue weighted by molar-refractivity contribution is 5.88. The van der Waals surface area contributed by atoms with Gasteiger partial charge in [-0.25, -0.2) is 4.79 Å². The van der Waals surface area contributed by atoms with Gasteiger partial charge in [0.15, 0.2) is 0 Å². The molecule has 2 aromatic rings. The molecule has 0 fully saturated rings. The highest BCUT2D eigenvalue weighted by atomic mass is 16.6. The van der Waals surface area contributed by atoms with Crippen LogP contribution in [0.2, 0.25) is 0 Å². The Bertz CT molecular complexity index is 808. The minimum Gasteiger partial charge on any atom is -0.450 e. The van der Waals surface area contributed by atoms with E-state index in [4.69, 9.17) is 10.00 Å². The number of hydrogen-bond acceptors (Lipinski definition) is 3. The first kappa shape index (κ1) is 16.6. The monoisotopic (exact) mass is 308 g/mol.